The van der Waals surface area contributed by atoms with E-state index in [1.807, 2.05) is 59.3 Å². The number of anilines is 1. The van der Waals surface area contributed by atoms with Crippen molar-refractivity contribution in [1.82, 2.24) is 14.5 Å². The van der Waals surface area contributed by atoms with Gasteiger partial charge in [-0.1, -0.05) is 30.3 Å². The molecule has 0 unspecified atom stereocenters. The zero-order valence-corrected chi connectivity index (χ0v) is 14.8. The number of hydrogen-bond acceptors (Lipinski definition) is 5. The summed E-state index contributed by atoms with van der Waals surface area (Å²) < 4.78 is 13.3. The van der Waals surface area contributed by atoms with Gasteiger partial charge in [0, 0.05) is 12.3 Å². The third-order valence-corrected chi connectivity index (χ3v) is 4.55. The second-order valence-electron chi connectivity index (χ2n) is 6.36. The number of aromatic nitrogens is 3. The molecule has 4 aromatic rings. The van der Waals surface area contributed by atoms with Gasteiger partial charge in [0.25, 0.3) is 5.91 Å². The summed E-state index contributed by atoms with van der Waals surface area (Å²) in [6.45, 7) is 0.142. The number of nitrogens with zero attached hydrogens (tertiary/aromatic N) is 3. The lowest BCUT2D eigenvalue weighted by Crippen LogP contribution is -2.40. The van der Waals surface area contributed by atoms with Crippen LogP contribution in [0.5, 0.6) is 11.5 Å². The van der Waals surface area contributed by atoms with Crippen molar-refractivity contribution in [2.75, 3.05) is 11.9 Å². The molecule has 0 bridgehead atoms. The first kappa shape index (κ1) is 16.3. The fourth-order valence-corrected chi connectivity index (χ4v) is 3.19. The van der Waals surface area contributed by atoms with E-state index in [-0.39, 0.29) is 12.5 Å². The van der Waals surface area contributed by atoms with Crippen molar-refractivity contribution >= 4 is 22.6 Å². The summed E-state index contributed by atoms with van der Waals surface area (Å²) in [7, 11) is 0. The first-order chi connectivity index (χ1) is 13.8. The third-order valence-electron chi connectivity index (χ3n) is 4.55. The van der Waals surface area contributed by atoms with E-state index in [2.05, 4.69) is 15.3 Å². The Hall–Kier alpha value is -3.87. The summed E-state index contributed by atoms with van der Waals surface area (Å²) in [5.74, 6) is 1.93. The van der Waals surface area contributed by atoms with Crippen molar-refractivity contribution in [1.29, 1.82) is 0 Å². The lowest BCUT2D eigenvalue weighted by atomic mass is 10.2. The number of ether oxygens (including phenoxy) is 2. The van der Waals surface area contributed by atoms with Crippen molar-refractivity contribution in [2.45, 2.75) is 6.10 Å². The van der Waals surface area contributed by atoms with Crippen LogP contribution < -0.4 is 14.8 Å². The molecule has 0 saturated carbocycles. The summed E-state index contributed by atoms with van der Waals surface area (Å²) in [6.07, 6.45) is 2.61. The molecule has 2 aromatic heterocycles. The summed E-state index contributed by atoms with van der Waals surface area (Å²) >= 11 is 0. The molecule has 2 aromatic carbocycles. The van der Waals surface area contributed by atoms with Gasteiger partial charge in [-0.15, -0.1) is 0 Å². The third kappa shape index (κ3) is 2.92. The highest BCUT2D eigenvalue weighted by Crippen LogP contribution is 2.31. The van der Waals surface area contributed by atoms with Gasteiger partial charge in [0.2, 0.25) is 6.10 Å². The molecule has 1 atom stereocenters. The molecule has 0 aliphatic carbocycles. The molecule has 0 saturated heterocycles. The number of benzene rings is 2. The maximum Gasteiger partial charge on any atom is 0.270 e. The minimum atomic E-state index is -0.749. The molecule has 0 spiro atoms. The van der Waals surface area contributed by atoms with E-state index >= 15 is 0 Å². The van der Waals surface area contributed by atoms with Crippen molar-refractivity contribution in [3.8, 4) is 17.3 Å². The van der Waals surface area contributed by atoms with Crippen molar-refractivity contribution < 1.29 is 14.3 Å². The normalized spacial score (nSPS) is 15.4. The van der Waals surface area contributed by atoms with E-state index < -0.39 is 6.10 Å². The molecule has 1 aliphatic heterocycles. The van der Waals surface area contributed by atoms with Gasteiger partial charge < -0.3 is 19.4 Å². The summed E-state index contributed by atoms with van der Waals surface area (Å²) in [5, 5.41) is 3.89. The highest BCUT2D eigenvalue weighted by atomic mass is 16.6. The Bertz CT molecular complexity index is 1170. The van der Waals surface area contributed by atoms with Crippen molar-refractivity contribution in [3.05, 3.63) is 73.2 Å². The summed E-state index contributed by atoms with van der Waals surface area (Å²) in [4.78, 5) is 21.1. The zero-order chi connectivity index (χ0) is 18.9. The van der Waals surface area contributed by atoms with Crippen LogP contribution in [-0.4, -0.2) is 33.2 Å². The molecule has 0 fully saturated rings. The minimum Gasteiger partial charge on any atom is -0.485 e. The number of rotatable bonds is 3. The Morgan fingerprint density at radius 3 is 2.79 bits per heavy atom. The monoisotopic (exact) mass is 372 g/mol. The molecule has 3 heterocycles. The van der Waals surface area contributed by atoms with E-state index in [4.69, 9.17) is 9.47 Å². The Balaban J connectivity index is 1.37. The fourth-order valence-electron chi connectivity index (χ4n) is 3.19. The van der Waals surface area contributed by atoms with E-state index in [1.54, 1.807) is 12.1 Å². The van der Waals surface area contributed by atoms with Crippen LogP contribution in [0.4, 0.5) is 5.82 Å². The van der Waals surface area contributed by atoms with Crippen LogP contribution >= 0.6 is 0 Å². The van der Waals surface area contributed by atoms with Gasteiger partial charge in [-0.3, -0.25) is 4.79 Å². The second kappa shape index (κ2) is 6.70. The average molecular weight is 372 g/mol. The van der Waals surface area contributed by atoms with Gasteiger partial charge in [-0.2, -0.15) is 0 Å². The van der Waals surface area contributed by atoms with Crippen LogP contribution in [-0.2, 0) is 4.79 Å². The molecule has 28 heavy (non-hydrogen) atoms. The second-order valence-corrected chi connectivity index (χ2v) is 6.36. The number of hydrogen-bond donors (Lipinski definition) is 1. The van der Waals surface area contributed by atoms with Crippen LogP contribution in [0.1, 0.15) is 0 Å². The van der Waals surface area contributed by atoms with Crippen molar-refractivity contribution in [3.63, 3.8) is 0 Å². The molecular weight excluding hydrogens is 356 g/mol. The maximum absolute atomic E-state index is 12.6. The summed E-state index contributed by atoms with van der Waals surface area (Å²) in [5.41, 5.74) is 1.03. The number of amides is 1. The number of para-hydroxylation sites is 3. The van der Waals surface area contributed by atoms with Gasteiger partial charge in [-0.25, -0.2) is 9.97 Å². The van der Waals surface area contributed by atoms with Crippen LogP contribution in [0.15, 0.2) is 73.2 Å². The predicted molar refractivity (Wildman–Crippen MR) is 104 cm³/mol. The Kier molecular flexibility index (Phi) is 3.90. The first-order valence-corrected chi connectivity index (χ1v) is 8.86. The molecular formula is C21H16N4O3. The lowest BCUT2D eigenvalue weighted by Gasteiger charge is -2.25. The number of fused-ring (bicyclic) bond motifs is 2. The molecule has 1 aliphatic rings. The van der Waals surface area contributed by atoms with E-state index in [0.717, 1.165) is 10.9 Å². The Morgan fingerprint density at radius 2 is 1.86 bits per heavy atom. The Morgan fingerprint density at radius 1 is 1.04 bits per heavy atom. The van der Waals surface area contributed by atoms with Crippen LogP contribution in [0.25, 0.3) is 16.7 Å². The van der Waals surface area contributed by atoms with E-state index in [9.17, 15) is 4.79 Å². The van der Waals surface area contributed by atoms with Crippen LogP contribution in [0, 0.1) is 0 Å². The topological polar surface area (TPSA) is 78.3 Å². The fraction of sp³-hybridized carbons (Fsp3) is 0.0952. The highest BCUT2D eigenvalue weighted by molar-refractivity contribution is 5.94. The van der Waals surface area contributed by atoms with Gasteiger partial charge in [0.1, 0.15) is 24.6 Å². The number of carbonyl (C=O) groups is 1. The molecule has 138 valence electrons. The lowest BCUT2D eigenvalue weighted by molar-refractivity contribution is -0.125. The predicted octanol–water partition coefficient (Wildman–Crippen LogP) is 3.20. The molecule has 1 amide bonds. The number of nitrogens with one attached hydrogen (secondary N) is 1. The van der Waals surface area contributed by atoms with Crippen LogP contribution in [0.2, 0.25) is 0 Å². The standard InChI is InChI=1S/C21H16N4O3/c26-21(18-12-27-16-7-3-4-8-17(16)28-18)24-19-11-20(23-13-22-19)25-10-9-14-5-1-2-6-15(14)25/h1-11,13,18H,12H2,(H,22,23,24,26)/t18-/m1/s1. The molecule has 5 rings (SSSR count). The van der Waals surface area contributed by atoms with E-state index in [0.29, 0.717) is 23.1 Å². The molecule has 0 radical (unpaired) electrons. The van der Waals surface area contributed by atoms with Gasteiger partial charge in [0.05, 0.1) is 5.52 Å². The quantitative estimate of drug-likeness (QED) is 0.598. The Labute approximate surface area is 160 Å². The number of carbonyl (C=O) groups excluding carboxylic acids is 1. The zero-order valence-electron chi connectivity index (χ0n) is 14.8. The van der Waals surface area contributed by atoms with E-state index in [1.165, 1.54) is 6.33 Å². The SMILES string of the molecule is O=C(Nc1cc(-n2ccc3ccccc32)ncn1)[C@H]1COc2ccccc2O1. The van der Waals surface area contributed by atoms with Gasteiger partial charge >= 0.3 is 0 Å². The average Bonchev–Trinajstić information content (AvgIpc) is 3.18. The van der Waals surface area contributed by atoms with Gasteiger partial charge in [-0.05, 0) is 29.7 Å². The first-order valence-electron chi connectivity index (χ1n) is 8.86. The molecule has 7 nitrogen and oxygen atoms in total. The smallest absolute Gasteiger partial charge is 0.270 e. The largest absolute Gasteiger partial charge is 0.485 e. The maximum atomic E-state index is 12.6. The molecule has 7 heteroatoms. The van der Waals surface area contributed by atoms with Crippen molar-refractivity contribution in [2.24, 2.45) is 0 Å². The highest BCUT2D eigenvalue weighted by Gasteiger charge is 2.27. The van der Waals surface area contributed by atoms with Gasteiger partial charge in [0.15, 0.2) is 11.5 Å². The molecule has 1 N–H and O–H groups in total. The minimum absolute atomic E-state index is 0.142. The van der Waals surface area contributed by atoms with Crippen LogP contribution in [0.3, 0.4) is 0 Å². The summed E-state index contributed by atoms with van der Waals surface area (Å²) in [6, 6.07) is 19.0.